The highest BCUT2D eigenvalue weighted by Gasteiger charge is 2.12. The van der Waals surface area contributed by atoms with Crippen LogP contribution in [-0.4, -0.2) is 10.1 Å². The molecule has 62 valence electrons. The first-order valence-corrected chi connectivity index (χ1v) is 4.39. The van der Waals surface area contributed by atoms with Crippen molar-refractivity contribution in [1.82, 2.24) is 10.1 Å². The van der Waals surface area contributed by atoms with E-state index in [-0.39, 0.29) is 0 Å². The molecule has 2 aromatic heterocycles. The van der Waals surface area contributed by atoms with Crippen LogP contribution in [0.5, 0.6) is 0 Å². The molecule has 0 unspecified atom stereocenters. The molecule has 5 heteroatoms. The van der Waals surface area contributed by atoms with Gasteiger partial charge in [0.2, 0.25) is 3.83 Å². The van der Waals surface area contributed by atoms with Gasteiger partial charge in [-0.3, -0.25) is 0 Å². The maximum Gasteiger partial charge on any atom is 0.294 e. The van der Waals surface area contributed by atoms with Gasteiger partial charge in [0.1, 0.15) is 0 Å². The Morgan fingerprint density at radius 3 is 2.83 bits per heavy atom. The van der Waals surface area contributed by atoms with Crippen molar-refractivity contribution in [3.63, 3.8) is 0 Å². The lowest BCUT2D eigenvalue weighted by Crippen LogP contribution is -1.76. The summed E-state index contributed by atoms with van der Waals surface area (Å²) in [6.07, 6.45) is 1.60. The number of aromatic nitrogens is 2. The van der Waals surface area contributed by atoms with Gasteiger partial charge in [-0.1, -0.05) is 5.16 Å². The topological polar surface area (TPSA) is 52.1 Å². The van der Waals surface area contributed by atoms with E-state index in [1.165, 1.54) is 0 Å². The molecule has 0 saturated heterocycles. The number of hydrogen-bond acceptors (Lipinski definition) is 4. The van der Waals surface area contributed by atoms with E-state index in [4.69, 9.17) is 8.94 Å². The van der Waals surface area contributed by atoms with E-state index in [1.54, 1.807) is 6.26 Å². The van der Waals surface area contributed by atoms with E-state index in [2.05, 4.69) is 10.1 Å². The minimum atomic E-state index is 0.432. The fraction of sp³-hybridized carbons (Fsp3) is 0.143. The Labute approximate surface area is 82.1 Å². The van der Waals surface area contributed by atoms with E-state index in [1.807, 2.05) is 35.6 Å². The highest BCUT2D eigenvalue weighted by molar-refractivity contribution is 14.1. The molecule has 0 aliphatic carbocycles. The van der Waals surface area contributed by atoms with E-state index in [9.17, 15) is 0 Å². The second-order valence-corrected chi connectivity index (χ2v) is 3.27. The predicted molar refractivity (Wildman–Crippen MR) is 49.5 cm³/mol. The first-order valence-electron chi connectivity index (χ1n) is 3.31. The number of hydrogen-bond donors (Lipinski definition) is 0. The molecule has 0 bridgehead atoms. The summed E-state index contributed by atoms with van der Waals surface area (Å²) in [5, 5.41) is 3.65. The second kappa shape index (κ2) is 2.89. The third kappa shape index (κ3) is 1.24. The summed E-state index contributed by atoms with van der Waals surface area (Å²) in [6.45, 7) is 1.93. The highest BCUT2D eigenvalue weighted by Crippen LogP contribution is 2.22. The highest BCUT2D eigenvalue weighted by atomic mass is 127. The van der Waals surface area contributed by atoms with Crippen LogP contribution in [0.25, 0.3) is 11.7 Å². The van der Waals surface area contributed by atoms with Gasteiger partial charge in [-0.05, 0) is 13.0 Å². The van der Waals surface area contributed by atoms with Crippen molar-refractivity contribution in [2.24, 2.45) is 0 Å². The van der Waals surface area contributed by atoms with Gasteiger partial charge in [0.25, 0.3) is 5.89 Å². The molecule has 4 nitrogen and oxygen atoms in total. The molecule has 0 N–H and O–H groups in total. The third-order valence-corrected chi connectivity index (χ3v) is 1.90. The minimum Gasteiger partial charge on any atom is -0.459 e. The Morgan fingerprint density at radius 1 is 1.50 bits per heavy atom. The Hall–Kier alpha value is -0.850. The van der Waals surface area contributed by atoms with Crippen molar-refractivity contribution in [1.29, 1.82) is 0 Å². The lowest BCUT2D eigenvalue weighted by Gasteiger charge is -1.86. The monoisotopic (exact) mass is 276 g/mol. The molecule has 0 atom stereocenters. The van der Waals surface area contributed by atoms with Crippen LogP contribution < -0.4 is 0 Å². The molecule has 0 aliphatic heterocycles. The molecule has 0 radical (unpaired) electrons. The summed E-state index contributed by atoms with van der Waals surface area (Å²) in [4.78, 5) is 4.03. The summed E-state index contributed by atoms with van der Waals surface area (Å²) < 4.78 is 10.7. The Morgan fingerprint density at radius 2 is 2.33 bits per heavy atom. The molecule has 0 aromatic carbocycles. The van der Waals surface area contributed by atoms with Crippen LogP contribution >= 0.6 is 22.6 Å². The summed E-state index contributed by atoms with van der Waals surface area (Å²) in [6, 6.07) is 1.85. The largest absolute Gasteiger partial charge is 0.459 e. The van der Waals surface area contributed by atoms with Crippen molar-refractivity contribution >= 4 is 22.6 Å². The molecule has 0 saturated carbocycles. The minimum absolute atomic E-state index is 0.432. The van der Waals surface area contributed by atoms with Crippen LogP contribution in [0.4, 0.5) is 0 Å². The summed E-state index contributed by atoms with van der Waals surface area (Å²) in [5.41, 5.74) is 0.995. The van der Waals surface area contributed by atoms with Crippen molar-refractivity contribution in [3.8, 4) is 11.7 Å². The molecule has 0 spiro atoms. The maximum absolute atomic E-state index is 5.16. The van der Waals surface area contributed by atoms with Gasteiger partial charge in [0, 0.05) is 28.2 Å². The molecule has 2 rings (SSSR count). The van der Waals surface area contributed by atoms with Crippen molar-refractivity contribution in [3.05, 3.63) is 21.7 Å². The average Bonchev–Trinajstić information content (AvgIpc) is 2.58. The first kappa shape index (κ1) is 7.78. The number of furan rings is 1. The van der Waals surface area contributed by atoms with Crippen molar-refractivity contribution in [2.45, 2.75) is 6.92 Å². The summed E-state index contributed by atoms with van der Waals surface area (Å²) in [7, 11) is 0. The molecule has 2 heterocycles. The van der Waals surface area contributed by atoms with E-state index >= 15 is 0 Å². The quantitative estimate of drug-likeness (QED) is 0.749. The smallest absolute Gasteiger partial charge is 0.294 e. The van der Waals surface area contributed by atoms with Gasteiger partial charge >= 0.3 is 0 Å². The molecular formula is C7H5IN2O2. The van der Waals surface area contributed by atoms with Gasteiger partial charge in [-0.25, -0.2) is 0 Å². The Balaban J connectivity index is 2.50. The van der Waals surface area contributed by atoms with Gasteiger partial charge in [-0.15, -0.1) is 0 Å². The van der Waals surface area contributed by atoms with Gasteiger partial charge in [-0.2, -0.15) is 4.98 Å². The van der Waals surface area contributed by atoms with E-state index < -0.39 is 0 Å². The first-order chi connectivity index (χ1) is 5.77. The molecule has 0 amide bonds. The van der Waals surface area contributed by atoms with Crippen LogP contribution in [0, 0.1) is 10.8 Å². The average molecular weight is 276 g/mol. The number of aryl methyl sites for hydroxylation is 1. The normalized spacial score (nSPS) is 10.5. The summed E-state index contributed by atoms with van der Waals surface area (Å²) in [5.74, 6) is 1.08. The van der Waals surface area contributed by atoms with Crippen LogP contribution in [0.15, 0.2) is 21.3 Å². The van der Waals surface area contributed by atoms with Gasteiger partial charge < -0.3 is 8.94 Å². The van der Waals surface area contributed by atoms with Crippen LogP contribution in [0.2, 0.25) is 0 Å². The lowest BCUT2D eigenvalue weighted by atomic mass is 10.3. The van der Waals surface area contributed by atoms with Crippen LogP contribution in [-0.2, 0) is 0 Å². The van der Waals surface area contributed by atoms with E-state index in [0.29, 0.717) is 15.5 Å². The number of halogens is 1. The molecule has 2 aromatic rings. The number of nitrogens with zero attached hydrogens (tertiary/aromatic N) is 2. The van der Waals surface area contributed by atoms with Crippen LogP contribution in [0.3, 0.4) is 0 Å². The molecule has 12 heavy (non-hydrogen) atoms. The zero-order valence-corrected chi connectivity index (χ0v) is 8.40. The van der Waals surface area contributed by atoms with Crippen molar-refractivity contribution in [2.75, 3.05) is 0 Å². The third-order valence-electron chi connectivity index (χ3n) is 1.46. The number of rotatable bonds is 1. The maximum atomic E-state index is 5.16. The zero-order chi connectivity index (χ0) is 8.55. The lowest BCUT2D eigenvalue weighted by molar-refractivity contribution is 0.411. The Bertz CT molecular complexity index is 394. The standard InChI is InChI=1S/C7H5IN2O2/c1-4-2-3-11-5(4)6-9-7(8)10-12-6/h2-3H,1H3. The van der Waals surface area contributed by atoms with Gasteiger partial charge in [0.05, 0.1) is 6.26 Å². The van der Waals surface area contributed by atoms with Gasteiger partial charge in [0.15, 0.2) is 5.76 Å². The van der Waals surface area contributed by atoms with Crippen molar-refractivity contribution < 1.29 is 8.94 Å². The fourth-order valence-corrected chi connectivity index (χ4v) is 1.21. The second-order valence-electron chi connectivity index (χ2n) is 2.30. The molecular weight excluding hydrogens is 271 g/mol. The molecule has 0 aliphatic rings. The summed E-state index contributed by atoms with van der Waals surface area (Å²) >= 11 is 1.98. The predicted octanol–water partition coefficient (Wildman–Crippen LogP) is 2.24. The fourth-order valence-electron chi connectivity index (χ4n) is 0.890. The molecule has 0 fully saturated rings. The van der Waals surface area contributed by atoms with Crippen LogP contribution in [0.1, 0.15) is 5.56 Å². The van der Waals surface area contributed by atoms with E-state index in [0.717, 1.165) is 5.56 Å². The Kier molecular flexibility index (Phi) is 1.87. The SMILES string of the molecule is Cc1ccoc1-c1nc(I)no1. The zero-order valence-electron chi connectivity index (χ0n) is 6.24.